The zero-order valence-electron chi connectivity index (χ0n) is 7.31. The second-order valence-corrected chi connectivity index (χ2v) is 2.65. The third-order valence-corrected chi connectivity index (χ3v) is 1.11. The molecule has 0 heteroatoms. The minimum Gasteiger partial charge on any atom is -0.0874 e. The van der Waals surface area contributed by atoms with Gasteiger partial charge in [0.05, 0.1) is 0 Å². The second kappa shape index (κ2) is 5.04. The Bertz CT molecular complexity index is 164. The predicted molar refractivity (Wildman–Crippen MR) is 48.0 cm³/mol. The van der Waals surface area contributed by atoms with E-state index in [9.17, 15) is 0 Å². The van der Waals surface area contributed by atoms with Gasteiger partial charge in [-0.2, -0.15) is 0 Å². The van der Waals surface area contributed by atoms with Gasteiger partial charge < -0.3 is 0 Å². The summed E-state index contributed by atoms with van der Waals surface area (Å²) in [6.07, 6.45) is 8.38. The van der Waals surface area contributed by atoms with E-state index < -0.39 is 0 Å². The van der Waals surface area contributed by atoms with Crippen LogP contribution >= 0.6 is 0 Å². The molecular weight excluding hydrogens is 120 g/mol. The quantitative estimate of drug-likeness (QED) is 0.510. The van der Waals surface area contributed by atoms with Crippen molar-refractivity contribution < 1.29 is 0 Å². The molecule has 10 heavy (non-hydrogen) atoms. The summed E-state index contributed by atoms with van der Waals surface area (Å²) in [6.45, 7) is 8.32. The molecule has 0 rings (SSSR count). The van der Waals surface area contributed by atoms with Gasteiger partial charge in [0.1, 0.15) is 0 Å². The van der Waals surface area contributed by atoms with Crippen LogP contribution in [-0.2, 0) is 0 Å². The summed E-state index contributed by atoms with van der Waals surface area (Å²) < 4.78 is 0. The van der Waals surface area contributed by atoms with E-state index in [1.807, 2.05) is 13.0 Å². The highest BCUT2D eigenvalue weighted by Crippen LogP contribution is 1.97. The van der Waals surface area contributed by atoms with Gasteiger partial charge in [-0.25, -0.2) is 0 Å². The first-order valence-electron chi connectivity index (χ1n) is 3.61. The molecule has 0 heterocycles. The van der Waals surface area contributed by atoms with E-state index in [0.717, 1.165) is 0 Å². The van der Waals surface area contributed by atoms with E-state index >= 15 is 0 Å². The SMILES string of the molecule is CC=CC(C)=CC=C(C)C. The Labute approximate surface area is 64.0 Å². The maximum Gasteiger partial charge on any atom is -0.0398 e. The van der Waals surface area contributed by atoms with Crippen LogP contribution in [-0.4, -0.2) is 0 Å². The minimum atomic E-state index is 1.30. The Morgan fingerprint density at radius 2 is 1.60 bits per heavy atom. The van der Waals surface area contributed by atoms with Gasteiger partial charge in [-0.15, -0.1) is 0 Å². The number of allylic oxidation sites excluding steroid dienone is 6. The average molecular weight is 136 g/mol. The maximum atomic E-state index is 2.12. The molecule has 0 aliphatic rings. The molecule has 0 spiro atoms. The van der Waals surface area contributed by atoms with Crippen molar-refractivity contribution in [1.82, 2.24) is 0 Å². The van der Waals surface area contributed by atoms with Crippen LogP contribution in [0.4, 0.5) is 0 Å². The maximum absolute atomic E-state index is 2.12. The van der Waals surface area contributed by atoms with Crippen molar-refractivity contribution in [3.8, 4) is 0 Å². The summed E-state index contributed by atoms with van der Waals surface area (Å²) >= 11 is 0. The van der Waals surface area contributed by atoms with Crippen LogP contribution in [0.1, 0.15) is 27.7 Å². The molecule has 0 aromatic carbocycles. The normalized spacial score (nSPS) is 12.2. The van der Waals surface area contributed by atoms with Crippen molar-refractivity contribution in [2.24, 2.45) is 0 Å². The lowest BCUT2D eigenvalue weighted by atomic mass is 10.2. The predicted octanol–water partition coefficient (Wildman–Crippen LogP) is 3.48. The largest absolute Gasteiger partial charge is 0.0874 e. The Morgan fingerprint density at radius 1 is 1.00 bits per heavy atom. The van der Waals surface area contributed by atoms with Crippen LogP contribution in [0, 0.1) is 0 Å². The van der Waals surface area contributed by atoms with Crippen LogP contribution in [0.5, 0.6) is 0 Å². The smallest absolute Gasteiger partial charge is 0.0398 e. The number of rotatable bonds is 2. The van der Waals surface area contributed by atoms with Gasteiger partial charge in [0.15, 0.2) is 0 Å². The summed E-state index contributed by atoms with van der Waals surface area (Å²) in [5.41, 5.74) is 2.63. The molecule has 56 valence electrons. The molecule has 0 aromatic heterocycles. The van der Waals surface area contributed by atoms with Crippen LogP contribution in [0.15, 0.2) is 35.5 Å². The van der Waals surface area contributed by atoms with Crippen molar-refractivity contribution in [3.63, 3.8) is 0 Å². The molecule has 0 aliphatic carbocycles. The van der Waals surface area contributed by atoms with E-state index in [4.69, 9.17) is 0 Å². The highest BCUT2D eigenvalue weighted by Gasteiger charge is 1.76. The van der Waals surface area contributed by atoms with Crippen molar-refractivity contribution in [2.45, 2.75) is 27.7 Å². The number of hydrogen-bond donors (Lipinski definition) is 0. The lowest BCUT2D eigenvalue weighted by Crippen LogP contribution is -1.66. The number of hydrogen-bond acceptors (Lipinski definition) is 0. The second-order valence-electron chi connectivity index (χ2n) is 2.65. The fourth-order valence-electron chi connectivity index (χ4n) is 0.617. The molecule has 0 fully saturated rings. The topological polar surface area (TPSA) is 0 Å². The summed E-state index contributed by atoms with van der Waals surface area (Å²) in [5.74, 6) is 0. The van der Waals surface area contributed by atoms with Crippen LogP contribution in [0.2, 0.25) is 0 Å². The van der Waals surface area contributed by atoms with Gasteiger partial charge >= 0.3 is 0 Å². The van der Waals surface area contributed by atoms with Gasteiger partial charge in [-0.05, 0) is 27.7 Å². The molecule has 0 saturated heterocycles. The van der Waals surface area contributed by atoms with Crippen molar-refractivity contribution in [1.29, 1.82) is 0 Å². The highest BCUT2D eigenvalue weighted by atomic mass is 13.8. The van der Waals surface area contributed by atoms with Gasteiger partial charge in [-0.3, -0.25) is 0 Å². The molecule has 0 saturated carbocycles. The first-order chi connectivity index (χ1) is 4.66. The Balaban J connectivity index is 4.05. The van der Waals surface area contributed by atoms with E-state index in [-0.39, 0.29) is 0 Å². The lowest BCUT2D eigenvalue weighted by molar-refractivity contribution is 1.38. The zero-order chi connectivity index (χ0) is 7.98. The molecule has 0 aromatic rings. The van der Waals surface area contributed by atoms with Crippen molar-refractivity contribution in [3.05, 3.63) is 35.5 Å². The molecule has 0 unspecified atom stereocenters. The fraction of sp³-hybridized carbons (Fsp3) is 0.400. The van der Waals surface area contributed by atoms with Crippen molar-refractivity contribution in [2.75, 3.05) is 0 Å². The first kappa shape index (κ1) is 9.22. The molecule has 0 radical (unpaired) electrons. The summed E-state index contributed by atoms with van der Waals surface area (Å²) in [4.78, 5) is 0. The Kier molecular flexibility index (Phi) is 4.65. The highest BCUT2D eigenvalue weighted by molar-refractivity contribution is 5.22. The third-order valence-electron chi connectivity index (χ3n) is 1.11. The average Bonchev–Trinajstić information content (AvgIpc) is 1.85. The zero-order valence-corrected chi connectivity index (χ0v) is 7.31. The molecule has 0 amide bonds. The fourth-order valence-corrected chi connectivity index (χ4v) is 0.617. The van der Waals surface area contributed by atoms with Gasteiger partial charge in [0.2, 0.25) is 0 Å². The summed E-state index contributed by atoms with van der Waals surface area (Å²) in [6, 6.07) is 0. The summed E-state index contributed by atoms with van der Waals surface area (Å²) in [7, 11) is 0. The monoisotopic (exact) mass is 136 g/mol. The third kappa shape index (κ3) is 5.36. The van der Waals surface area contributed by atoms with Crippen LogP contribution in [0.3, 0.4) is 0 Å². The van der Waals surface area contributed by atoms with E-state index in [1.165, 1.54) is 11.1 Å². The van der Waals surface area contributed by atoms with Gasteiger partial charge in [0.25, 0.3) is 0 Å². The van der Waals surface area contributed by atoms with E-state index in [2.05, 4.69) is 39.0 Å². The minimum absolute atomic E-state index is 1.30. The van der Waals surface area contributed by atoms with E-state index in [1.54, 1.807) is 0 Å². The molecular formula is C10H16. The van der Waals surface area contributed by atoms with Crippen LogP contribution < -0.4 is 0 Å². The van der Waals surface area contributed by atoms with Crippen molar-refractivity contribution >= 4 is 0 Å². The molecule has 0 N–H and O–H groups in total. The molecule has 0 bridgehead atoms. The molecule has 0 aliphatic heterocycles. The Hall–Kier alpha value is -0.780. The standard InChI is InChI=1S/C10H16/c1-5-6-10(4)8-7-9(2)3/h5-8H,1-4H3. The summed E-state index contributed by atoms with van der Waals surface area (Å²) in [5, 5.41) is 0. The molecule has 0 nitrogen and oxygen atoms in total. The van der Waals surface area contributed by atoms with E-state index in [0.29, 0.717) is 0 Å². The lowest BCUT2D eigenvalue weighted by Gasteiger charge is -1.87. The first-order valence-corrected chi connectivity index (χ1v) is 3.61. The van der Waals surface area contributed by atoms with Gasteiger partial charge in [0, 0.05) is 0 Å². The Morgan fingerprint density at radius 3 is 2.00 bits per heavy atom. The van der Waals surface area contributed by atoms with Gasteiger partial charge in [-0.1, -0.05) is 35.5 Å². The molecule has 0 atom stereocenters. The van der Waals surface area contributed by atoms with Crippen LogP contribution in [0.25, 0.3) is 0 Å².